The Morgan fingerprint density at radius 3 is 2.00 bits per heavy atom. The Balaban J connectivity index is 2.19. The molecule has 1 saturated heterocycles. The van der Waals surface area contributed by atoms with Crippen LogP contribution in [-0.2, 0) is 14.2 Å². The van der Waals surface area contributed by atoms with Crippen molar-refractivity contribution < 1.29 is 14.2 Å². The summed E-state index contributed by atoms with van der Waals surface area (Å²) in [6.45, 7) is 1.54. The first-order valence-electron chi connectivity index (χ1n) is 3.02. The molecule has 0 aromatic rings. The van der Waals surface area contributed by atoms with E-state index in [0.717, 1.165) is 13.2 Å². The van der Waals surface area contributed by atoms with Crippen LogP contribution >= 0.6 is 0 Å². The average molecular weight is 132 g/mol. The van der Waals surface area contributed by atoms with E-state index < -0.39 is 0 Å². The van der Waals surface area contributed by atoms with Crippen molar-refractivity contribution in [3.05, 3.63) is 0 Å². The molecule has 1 aliphatic rings. The summed E-state index contributed by atoms with van der Waals surface area (Å²) < 4.78 is 15.0. The molecule has 0 bridgehead atoms. The molecule has 0 aliphatic carbocycles. The summed E-state index contributed by atoms with van der Waals surface area (Å²) in [6, 6.07) is 0. The van der Waals surface area contributed by atoms with Gasteiger partial charge in [0, 0.05) is 14.2 Å². The van der Waals surface area contributed by atoms with Gasteiger partial charge in [-0.2, -0.15) is 0 Å². The molecule has 1 aliphatic heterocycles. The molecule has 0 atom stereocenters. The van der Waals surface area contributed by atoms with E-state index in [1.165, 1.54) is 0 Å². The second-order valence-electron chi connectivity index (χ2n) is 2.14. The third kappa shape index (κ3) is 1.41. The minimum absolute atomic E-state index is 0.0706. The van der Waals surface area contributed by atoms with Crippen molar-refractivity contribution >= 4 is 0 Å². The van der Waals surface area contributed by atoms with E-state index in [0.29, 0.717) is 5.92 Å². The Bertz CT molecular complexity index is 76.4. The van der Waals surface area contributed by atoms with Crippen LogP contribution in [-0.4, -0.2) is 33.7 Å². The molecule has 0 amide bonds. The zero-order valence-electron chi connectivity index (χ0n) is 5.79. The van der Waals surface area contributed by atoms with Crippen LogP contribution in [0.4, 0.5) is 0 Å². The first-order chi connectivity index (χ1) is 4.38. The van der Waals surface area contributed by atoms with Gasteiger partial charge in [-0.3, -0.25) is 0 Å². The van der Waals surface area contributed by atoms with Crippen LogP contribution in [0, 0.1) is 5.92 Å². The molecule has 54 valence electrons. The molecule has 0 N–H and O–H groups in total. The third-order valence-electron chi connectivity index (χ3n) is 1.51. The molecule has 1 fully saturated rings. The maximum absolute atomic E-state index is 5.00. The lowest BCUT2D eigenvalue weighted by atomic mass is 10.1. The van der Waals surface area contributed by atoms with Crippen LogP contribution in [0.15, 0.2) is 0 Å². The fraction of sp³-hybridized carbons (Fsp3) is 1.00. The molecular weight excluding hydrogens is 120 g/mol. The van der Waals surface area contributed by atoms with Gasteiger partial charge in [0.2, 0.25) is 0 Å². The molecule has 0 radical (unpaired) electrons. The molecule has 0 unspecified atom stereocenters. The minimum Gasteiger partial charge on any atom is -0.380 e. The molecule has 1 rings (SSSR count). The summed E-state index contributed by atoms with van der Waals surface area (Å²) in [5.41, 5.74) is 0. The number of hydrogen-bond acceptors (Lipinski definition) is 3. The Morgan fingerprint density at radius 1 is 1.33 bits per heavy atom. The smallest absolute Gasteiger partial charge is 0.164 e. The topological polar surface area (TPSA) is 27.7 Å². The molecule has 0 saturated carbocycles. The van der Waals surface area contributed by atoms with Gasteiger partial charge in [-0.15, -0.1) is 0 Å². The first kappa shape index (κ1) is 6.99. The molecule has 1 heterocycles. The number of hydrogen-bond donors (Lipinski definition) is 0. The quantitative estimate of drug-likeness (QED) is 0.515. The van der Waals surface area contributed by atoms with Gasteiger partial charge in [0.05, 0.1) is 19.1 Å². The van der Waals surface area contributed by atoms with E-state index in [9.17, 15) is 0 Å². The summed E-state index contributed by atoms with van der Waals surface area (Å²) in [7, 11) is 3.29. The Labute approximate surface area is 54.9 Å². The lowest BCUT2D eigenvalue weighted by Gasteiger charge is -2.31. The summed E-state index contributed by atoms with van der Waals surface area (Å²) in [4.78, 5) is 0. The van der Waals surface area contributed by atoms with Gasteiger partial charge in [0.1, 0.15) is 0 Å². The predicted octanol–water partition coefficient (Wildman–Crippen LogP) is 0.252. The largest absolute Gasteiger partial charge is 0.380 e. The van der Waals surface area contributed by atoms with Crippen molar-refractivity contribution in [2.45, 2.75) is 6.29 Å². The second kappa shape index (κ2) is 3.15. The van der Waals surface area contributed by atoms with E-state index >= 15 is 0 Å². The molecular formula is C6H12O3. The second-order valence-corrected chi connectivity index (χ2v) is 2.14. The molecule has 3 heteroatoms. The number of methoxy groups -OCH3 is 2. The van der Waals surface area contributed by atoms with Crippen LogP contribution < -0.4 is 0 Å². The summed E-state index contributed by atoms with van der Waals surface area (Å²) in [5.74, 6) is 0.444. The normalized spacial score (nSPS) is 20.3. The highest BCUT2D eigenvalue weighted by Crippen LogP contribution is 2.16. The molecule has 3 nitrogen and oxygen atoms in total. The molecule has 9 heavy (non-hydrogen) atoms. The van der Waals surface area contributed by atoms with Crippen molar-refractivity contribution in [2.24, 2.45) is 5.92 Å². The van der Waals surface area contributed by atoms with Gasteiger partial charge < -0.3 is 14.2 Å². The maximum atomic E-state index is 5.00. The highest BCUT2D eigenvalue weighted by atomic mass is 16.7. The van der Waals surface area contributed by atoms with Crippen LogP contribution in [0.3, 0.4) is 0 Å². The zero-order valence-corrected chi connectivity index (χ0v) is 5.79. The van der Waals surface area contributed by atoms with E-state index in [-0.39, 0.29) is 6.29 Å². The van der Waals surface area contributed by atoms with Gasteiger partial charge in [0.15, 0.2) is 6.29 Å². The average Bonchev–Trinajstić information content (AvgIpc) is 1.78. The predicted molar refractivity (Wildman–Crippen MR) is 32.1 cm³/mol. The van der Waals surface area contributed by atoms with Crippen molar-refractivity contribution in [2.75, 3.05) is 27.4 Å². The molecule has 0 aromatic carbocycles. The number of rotatable bonds is 3. The van der Waals surface area contributed by atoms with Crippen LogP contribution in [0.25, 0.3) is 0 Å². The lowest BCUT2D eigenvalue weighted by Crippen LogP contribution is -2.39. The van der Waals surface area contributed by atoms with Gasteiger partial charge in [-0.25, -0.2) is 0 Å². The monoisotopic (exact) mass is 132 g/mol. The van der Waals surface area contributed by atoms with Crippen LogP contribution in [0.1, 0.15) is 0 Å². The Hall–Kier alpha value is -0.120. The standard InChI is InChI=1S/C6H12O3/c1-7-6(8-2)5-3-9-4-5/h5-6H,3-4H2,1-2H3. The van der Waals surface area contributed by atoms with Crippen LogP contribution in [0.5, 0.6) is 0 Å². The van der Waals surface area contributed by atoms with E-state index in [1.54, 1.807) is 14.2 Å². The molecule has 0 spiro atoms. The fourth-order valence-corrected chi connectivity index (χ4v) is 0.892. The highest BCUT2D eigenvalue weighted by molar-refractivity contribution is 4.68. The highest BCUT2D eigenvalue weighted by Gasteiger charge is 2.27. The van der Waals surface area contributed by atoms with Gasteiger partial charge in [-0.1, -0.05) is 0 Å². The SMILES string of the molecule is COC(OC)C1COC1. The van der Waals surface area contributed by atoms with Gasteiger partial charge >= 0.3 is 0 Å². The van der Waals surface area contributed by atoms with Crippen molar-refractivity contribution in [1.29, 1.82) is 0 Å². The summed E-state index contributed by atoms with van der Waals surface area (Å²) >= 11 is 0. The third-order valence-corrected chi connectivity index (χ3v) is 1.51. The number of ether oxygens (including phenoxy) is 3. The lowest BCUT2D eigenvalue weighted by molar-refractivity contribution is -0.201. The van der Waals surface area contributed by atoms with E-state index in [2.05, 4.69) is 0 Å². The minimum atomic E-state index is -0.0706. The molecule has 0 aromatic heterocycles. The maximum Gasteiger partial charge on any atom is 0.164 e. The zero-order chi connectivity index (χ0) is 6.69. The van der Waals surface area contributed by atoms with Crippen molar-refractivity contribution in [3.63, 3.8) is 0 Å². The fourth-order valence-electron chi connectivity index (χ4n) is 0.892. The Kier molecular flexibility index (Phi) is 2.45. The van der Waals surface area contributed by atoms with Crippen molar-refractivity contribution in [1.82, 2.24) is 0 Å². The summed E-state index contributed by atoms with van der Waals surface area (Å²) in [5, 5.41) is 0. The van der Waals surface area contributed by atoms with E-state index in [4.69, 9.17) is 14.2 Å². The van der Waals surface area contributed by atoms with E-state index in [1.807, 2.05) is 0 Å². The van der Waals surface area contributed by atoms with Crippen molar-refractivity contribution in [3.8, 4) is 0 Å². The Morgan fingerprint density at radius 2 is 1.89 bits per heavy atom. The van der Waals surface area contributed by atoms with Gasteiger partial charge in [-0.05, 0) is 0 Å². The van der Waals surface area contributed by atoms with Crippen LogP contribution in [0.2, 0.25) is 0 Å². The first-order valence-corrected chi connectivity index (χ1v) is 3.02. The summed E-state index contributed by atoms with van der Waals surface area (Å²) in [6.07, 6.45) is -0.0706. The van der Waals surface area contributed by atoms with Gasteiger partial charge in [0.25, 0.3) is 0 Å².